The standard InChI is InChI=1S/C49H73N3O25/c1-27(56)52-37-40(61)44(76-49-43(64)45(39(60)33(24-54)74-49)77-48-42(63)41(62)38(59)32(23-53)73-48)34(25-55)75-47(37)71-13-3-11-50-35(57)10-14-67-16-18-69-20-21-70-19-17-68-15-12-51-36(58)26-72-31-8-6-28(7-9-31)29-4-2-5-30(22-29)46(65)66/h2,4-9,22,32-34,37-45,47-49,53-55,59-64H,3,10-21,23-26H2,1H3,(H,50,57)(H,51,58)(H,52,56)(H,65,66)/t32-,33-,34-,37-,38+,39+,40-,41+,42-,43-,44-,45+,47-,48-,49+/m1/s1. The molecule has 3 amide bonds. The lowest BCUT2D eigenvalue weighted by molar-refractivity contribution is -0.376. The zero-order chi connectivity index (χ0) is 55.9. The summed E-state index contributed by atoms with van der Waals surface area (Å²) in [5.41, 5.74) is 1.74. The zero-order valence-corrected chi connectivity index (χ0v) is 42.4. The number of carboxylic acid groups (broad SMARTS) is 1. The Balaban J connectivity index is 0.880. The molecule has 434 valence electrons. The van der Waals surface area contributed by atoms with Gasteiger partial charge >= 0.3 is 5.97 Å². The van der Waals surface area contributed by atoms with E-state index in [0.29, 0.717) is 32.2 Å². The van der Waals surface area contributed by atoms with Crippen molar-refractivity contribution in [3.63, 3.8) is 0 Å². The van der Waals surface area contributed by atoms with Crippen molar-refractivity contribution in [2.45, 2.75) is 112 Å². The van der Waals surface area contributed by atoms with Crippen LogP contribution in [-0.2, 0) is 61.8 Å². The number of amides is 3. The summed E-state index contributed by atoms with van der Waals surface area (Å²) < 4.78 is 61.5. The van der Waals surface area contributed by atoms with Crippen LogP contribution in [-0.4, -0.2) is 266 Å². The van der Waals surface area contributed by atoms with E-state index in [1.807, 2.05) is 0 Å². The molecule has 2 aromatic rings. The molecule has 28 heteroatoms. The molecule has 3 saturated heterocycles. The number of nitrogens with one attached hydrogen (secondary N) is 3. The third-order valence-corrected chi connectivity index (χ3v) is 12.2. The van der Waals surface area contributed by atoms with E-state index < -0.39 is 124 Å². The molecule has 13 N–H and O–H groups in total. The van der Waals surface area contributed by atoms with Crippen LogP contribution < -0.4 is 20.7 Å². The topological polar surface area (TPSA) is 408 Å². The van der Waals surface area contributed by atoms with Crippen molar-refractivity contribution in [3.8, 4) is 16.9 Å². The van der Waals surface area contributed by atoms with E-state index in [2.05, 4.69) is 16.0 Å². The van der Waals surface area contributed by atoms with Crippen LogP contribution in [0.1, 0.15) is 30.1 Å². The molecule has 28 nitrogen and oxygen atoms in total. The Kier molecular flexibility index (Phi) is 27.1. The minimum atomic E-state index is -1.97. The Bertz CT molecular complexity index is 2080. The minimum Gasteiger partial charge on any atom is -0.484 e. The quantitative estimate of drug-likeness (QED) is 0.0298. The lowest BCUT2D eigenvalue weighted by Gasteiger charge is -2.48. The maximum absolute atomic E-state index is 12.4. The van der Waals surface area contributed by atoms with Crippen molar-refractivity contribution in [1.82, 2.24) is 16.0 Å². The summed E-state index contributed by atoms with van der Waals surface area (Å²) in [5.74, 6) is -1.75. The predicted molar refractivity (Wildman–Crippen MR) is 259 cm³/mol. The highest BCUT2D eigenvalue weighted by atomic mass is 16.8. The molecule has 0 bridgehead atoms. The molecule has 77 heavy (non-hydrogen) atoms. The fraction of sp³-hybridized carbons (Fsp3) is 0.673. The van der Waals surface area contributed by atoms with Crippen molar-refractivity contribution in [3.05, 3.63) is 54.1 Å². The molecule has 5 rings (SSSR count). The first kappa shape index (κ1) is 63.2. The molecule has 3 aliphatic heterocycles. The van der Waals surface area contributed by atoms with Gasteiger partial charge in [0.05, 0.1) is 84.8 Å². The highest BCUT2D eigenvalue weighted by molar-refractivity contribution is 5.89. The van der Waals surface area contributed by atoms with Crippen LogP contribution in [0.2, 0.25) is 0 Å². The van der Waals surface area contributed by atoms with Gasteiger partial charge in [0.25, 0.3) is 5.91 Å². The lowest BCUT2D eigenvalue weighted by atomic mass is 9.95. The Morgan fingerprint density at radius 1 is 0.558 bits per heavy atom. The summed E-state index contributed by atoms with van der Waals surface area (Å²) in [6.07, 6.45) is -23.3. The second kappa shape index (κ2) is 33.1. The molecule has 0 unspecified atom stereocenters. The van der Waals surface area contributed by atoms with Gasteiger partial charge in [0.15, 0.2) is 25.5 Å². The lowest BCUT2D eigenvalue weighted by Crippen LogP contribution is -2.68. The van der Waals surface area contributed by atoms with Crippen molar-refractivity contribution in [2.24, 2.45) is 0 Å². The summed E-state index contributed by atoms with van der Waals surface area (Å²) >= 11 is 0. The largest absolute Gasteiger partial charge is 0.484 e. The van der Waals surface area contributed by atoms with E-state index in [0.717, 1.165) is 18.1 Å². The molecule has 0 aliphatic carbocycles. The van der Waals surface area contributed by atoms with Gasteiger partial charge < -0.3 is 119 Å². The fourth-order valence-corrected chi connectivity index (χ4v) is 8.13. The first-order valence-electron chi connectivity index (χ1n) is 25.0. The van der Waals surface area contributed by atoms with E-state index in [1.54, 1.807) is 42.5 Å². The maximum atomic E-state index is 12.4. The summed E-state index contributed by atoms with van der Waals surface area (Å²) in [4.78, 5) is 48.0. The van der Waals surface area contributed by atoms with Crippen molar-refractivity contribution < 1.29 is 122 Å². The van der Waals surface area contributed by atoms with Gasteiger partial charge in [-0.3, -0.25) is 14.4 Å². The summed E-state index contributed by atoms with van der Waals surface area (Å²) in [5, 5.41) is 111. The number of ether oxygens (including phenoxy) is 11. The molecule has 0 spiro atoms. The average molecular weight is 1100 g/mol. The summed E-state index contributed by atoms with van der Waals surface area (Å²) in [6.45, 7) is 1.09. The monoisotopic (exact) mass is 1100 g/mol. The van der Waals surface area contributed by atoms with E-state index in [9.17, 15) is 70.2 Å². The van der Waals surface area contributed by atoms with E-state index >= 15 is 0 Å². The van der Waals surface area contributed by atoms with E-state index in [-0.39, 0.29) is 83.0 Å². The SMILES string of the molecule is CC(=O)N[C@H]1[C@H](OCCCNC(=O)CCOCCOCCOCCOCCNC(=O)COc2ccc(-c3cccc(C(=O)O)c3)cc2)O[C@H](CO)[C@@H](O[C@@H]2O[C@H](CO)[C@H](O)[C@H](O[C@H]3O[C@H](CO)[C@H](O)[C@H](O)[C@H]3O)[C@H]2O)[C@@H]1O. The summed E-state index contributed by atoms with van der Waals surface area (Å²) in [7, 11) is 0. The third-order valence-electron chi connectivity index (χ3n) is 12.2. The molecular formula is C49H73N3O25. The molecule has 3 aliphatic rings. The maximum Gasteiger partial charge on any atom is 0.335 e. The van der Waals surface area contributed by atoms with Crippen LogP contribution in [0.5, 0.6) is 5.75 Å². The predicted octanol–water partition coefficient (Wildman–Crippen LogP) is -4.88. The average Bonchev–Trinajstić information content (AvgIpc) is 3.43. The Hall–Kier alpha value is -4.64. The van der Waals surface area contributed by atoms with Crippen LogP contribution >= 0.6 is 0 Å². The number of aliphatic hydroxyl groups is 9. The number of aromatic carboxylic acids is 1. The first-order valence-corrected chi connectivity index (χ1v) is 25.0. The molecule has 3 fully saturated rings. The van der Waals surface area contributed by atoms with Gasteiger partial charge in [0.1, 0.15) is 78.9 Å². The van der Waals surface area contributed by atoms with Crippen molar-refractivity contribution in [2.75, 3.05) is 99.0 Å². The van der Waals surface area contributed by atoms with Gasteiger partial charge in [-0.05, 0) is 41.8 Å². The second-order valence-corrected chi connectivity index (χ2v) is 17.9. The molecule has 15 atom stereocenters. The van der Waals surface area contributed by atoms with E-state index in [4.69, 9.17) is 52.1 Å². The Labute approximate surface area is 442 Å². The number of hydrogen-bond donors (Lipinski definition) is 13. The number of aliphatic hydroxyl groups excluding tert-OH is 9. The number of benzene rings is 2. The number of carbonyl (C=O) groups is 4. The van der Waals surface area contributed by atoms with Crippen LogP contribution in [0.25, 0.3) is 11.1 Å². The smallest absolute Gasteiger partial charge is 0.335 e. The van der Waals surface area contributed by atoms with Gasteiger partial charge in [-0.2, -0.15) is 0 Å². The first-order chi connectivity index (χ1) is 37.1. The number of carboxylic acids is 1. The van der Waals surface area contributed by atoms with Crippen LogP contribution in [0.15, 0.2) is 48.5 Å². The molecule has 0 radical (unpaired) electrons. The molecular weight excluding hydrogens is 1030 g/mol. The van der Waals surface area contributed by atoms with Gasteiger partial charge in [0.2, 0.25) is 11.8 Å². The second-order valence-electron chi connectivity index (χ2n) is 17.9. The fourth-order valence-electron chi connectivity index (χ4n) is 8.13. The van der Waals surface area contributed by atoms with E-state index in [1.165, 1.54) is 6.07 Å². The van der Waals surface area contributed by atoms with Gasteiger partial charge in [0, 0.05) is 26.4 Å². The molecule has 2 aromatic carbocycles. The third kappa shape index (κ3) is 19.6. The molecule has 3 heterocycles. The van der Waals surface area contributed by atoms with Crippen LogP contribution in [0, 0.1) is 0 Å². The minimum absolute atomic E-state index is 0.0486. The van der Waals surface area contributed by atoms with Crippen molar-refractivity contribution >= 4 is 23.7 Å². The number of rotatable bonds is 33. The highest BCUT2D eigenvalue weighted by Crippen LogP contribution is 2.33. The van der Waals surface area contributed by atoms with Gasteiger partial charge in [-0.15, -0.1) is 0 Å². The van der Waals surface area contributed by atoms with Crippen LogP contribution in [0.3, 0.4) is 0 Å². The van der Waals surface area contributed by atoms with Gasteiger partial charge in [-0.25, -0.2) is 4.79 Å². The normalized spacial score (nSPS) is 29.4. The molecule has 0 aromatic heterocycles. The number of hydrogen-bond acceptors (Lipinski definition) is 24. The van der Waals surface area contributed by atoms with Crippen LogP contribution in [0.4, 0.5) is 0 Å². The van der Waals surface area contributed by atoms with Crippen molar-refractivity contribution in [1.29, 1.82) is 0 Å². The number of carbonyl (C=O) groups excluding carboxylic acids is 3. The zero-order valence-electron chi connectivity index (χ0n) is 42.4. The van der Waals surface area contributed by atoms with Gasteiger partial charge in [-0.1, -0.05) is 24.3 Å². The molecule has 0 saturated carbocycles. The Morgan fingerprint density at radius 3 is 1.75 bits per heavy atom. The highest BCUT2D eigenvalue weighted by Gasteiger charge is 2.54. The Morgan fingerprint density at radius 2 is 1.13 bits per heavy atom. The summed E-state index contributed by atoms with van der Waals surface area (Å²) in [6, 6.07) is 12.2.